The molecule has 0 aliphatic rings. The molecule has 3 heterocycles. The Balaban J connectivity index is 1.93. The standard InChI is InChI=1S/C22H23N5/c1-3-8-19(22-24-13-14-26(22)2)27-16-25-20(17-9-5-4-6-10-17)21(27)18-11-7-12-23-15-18/h4-7,9-16,19H,3,8H2,1-2H3/t19-/m1/s1. The van der Waals surface area contributed by atoms with Crippen molar-refractivity contribution in [2.24, 2.45) is 7.05 Å². The van der Waals surface area contributed by atoms with Crippen LogP contribution in [0.15, 0.2) is 73.6 Å². The summed E-state index contributed by atoms with van der Waals surface area (Å²) >= 11 is 0. The molecule has 5 nitrogen and oxygen atoms in total. The summed E-state index contributed by atoms with van der Waals surface area (Å²) in [4.78, 5) is 13.8. The highest BCUT2D eigenvalue weighted by Crippen LogP contribution is 2.35. The fourth-order valence-corrected chi connectivity index (χ4v) is 3.56. The third-order valence-electron chi connectivity index (χ3n) is 4.83. The highest BCUT2D eigenvalue weighted by molar-refractivity contribution is 5.78. The van der Waals surface area contributed by atoms with Crippen molar-refractivity contribution in [3.63, 3.8) is 0 Å². The largest absolute Gasteiger partial charge is 0.336 e. The van der Waals surface area contributed by atoms with Gasteiger partial charge < -0.3 is 9.13 Å². The molecular formula is C22H23N5. The van der Waals surface area contributed by atoms with Crippen LogP contribution < -0.4 is 0 Å². The van der Waals surface area contributed by atoms with Gasteiger partial charge in [-0.05, 0) is 18.6 Å². The fourth-order valence-electron chi connectivity index (χ4n) is 3.56. The summed E-state index contributed by atoms with van der Waals surface area (Å²) in [7, 11) is 2.05. The number of hydrogen-bond acceptors (Lipinski definition) is 3. The maximum atomic E-state index is 4.80. The number of aryl methyl sites for hydroxylation is 1. The molecule has 0 fully saturated rings. The molecule has 0 saturated heterocycles. The Morgan fingerprint density at radius 3 is 2.44 bits per heavy atom. The van der Waals surface area contributed by atoms with Crippen LogP contribution in [0.4, 0.5) is 0 Å². The summed E-state index contributed by atoms with van der Waals surface area (Å²) in [6.07, 6.45) is 11.6. The van der Waals surface area contributed by atoms with Gasteiger partial charge in [0.15, 0.2) is 0 Å². The van der Waals surface area contributed by atoms with Crippen molar-refractivity contribution < 1.29 is 0 Å². The van der Waals surface area contributed by atoms with E-state index in [0.29, 0.717) is 0 Å². The van der Waals surface area contributed by atoms with Gasteiger partial charge in [0.1, 0.15) is 5.82 Å². The van der Waals surface area contributed by atoms with Crippen molar-refractivity contribution in [3.8, 4) is 22.5 Å². The molecular weight excluding hydrogens is 334 g/mol. The Labute approximate surface area is 159 Å². The third-order valence-corrected chi connectivity index (χ3v) is 4.83. The molecule has 27 heavy (non-hydrogen) atoms. The van der Waals surface area contributed by atoms with E-state index in [0.717, 1.165) is 41.2 Å². The molecule has 0 aliphatic carbocycles. The van der Waals surface area contributed by atoms with E-state index in [2.05, 4.69) is 44.2 Å². The molecule has 1 atom stereocenters. The molecule has 136 valence electrons. The maximum absolute atomic E-state index is 4.80. The van der Waals surface area contributed by atoms with E-state index in [9.17, 15) is 0 Å². The minimum Gasteiger partial charge on any atom is -0.336 e. The van der Waals surface area contributed by atoms with Crippen LogP contribution in [-0.2, 0) is 7.05 Å². The van der Waals surface area contributed by atoms with E-state index in [4.69, 9.17) is 4.98 Å². The summed E-state index contributed by atoms with van der Waals surface area (Å²) in [5.41, 5.74) is 4.21. The van der Waals surface area contributed by atoms with Gasteiger partial charge in [0, 0.05) is 43.0 Å². The van der Waals surface area contributed by atoms with Gasteiger partial charge in [0.2, 0.25) is 0 Å². The lowest BCUT2D eigenvalue weighted by molar-refractivity contribution is 0.495. The summed E-state index contributed by atoms with van der Waals surface area (Å²) in [5, 5.41) is 0. The van der Waals surface area contributed by atoms with Crippen LogP contribution in [-0.4, -0.2) is 24.1 Å². The lowest BCUT2D eigenvalue weighted by Crippen LogP contribution is -2.15. The predicted molar refractivity (Wildman–Crippen MR) is 107 cm³/mol. The first kappa shape index (κ1) is 17.2. The van der Waals surface area contributed by atoms with Gasteiger partial charge in [-0.15, -0.1) is 0 Å². The number of nitrogens with zero attached hydrogens (tertiary/aromatic N) is 5. The molecule has 3 aromatic heterocycles. The minimum absolute atomic E-state index is 0.121. The van der Waals surface area contributed by atoms with Crippen LogP contribution in [0.5, 0.6) is 0 Å². The van der Waals surface area contributed by atoms with Crippen LogP contribution in [0.1, 0.15) is 31.6 Å². The number of hydrogen-bond donors (Lipinski definition) is 0. The van der Waals surface area contributed by atoms with Crippen LogP contribution in [0.25, 0.3) is 22.5 Å². The van der Waals surface area contributed by atoms with E-state index in [1.165, 1.54) is 0 Å². The number of rotatable bonds is 6. The molecule has 4 aromatic rings. The average molecular weight is 357 g/mol. The van der Waals surface area contributed by atoms with Crippen molar-refractivity contribution in [2.45, 2.75) is 25.8 Å². The van der Waals surface area contributed by atoms with Crippen molar-refractivity contribution in [1.29, 1.82) is 0 Å². The first-order chi connectivity index (χ1) is 13.3. The van der Waals surface area contributed by atoms with Crippen molar-refractivity contribution >= 4 is 0 Å². The Kier molecular flexibility index (Phi) is 4.83. The highest BCUT2D eigenvalue weighted by atomic mass is 15.2. The zero-order valence-corrected chi connectivity index (χ0v) is 15.7. The van der Waals surface area contributed by atoms with Gasteiger partial charge in [-0.3, -0.25) is 4.98 Å². The highest BCUT2D eigenvalue weighted by Gasteiger charge is 2.24. The Morgan fingerprint density at radius 2 is 1.78 bits per heavy atom. The molecule has 0 aliphatic heterocycles. The van der Waals surface area contributed by atoms with E-state index in [-0.39, 0.29) is 6.04 Å². The SMILES string of the molecule is CCC[C@H](c1nccn1C)n1cnc(-c2ccccc2)c1-c1cccnc1. The Bertz CT molecular complexity index is 1000. The topological polar surface area (TPSA) is 48.5 Å². The van der Waals surface area contributed by atoms with Crippen LogP contribution in [0, 0.1) is 0 Å². The molecule has 5 heteroatoms. The normalized spacial score (nSPS) is 12.2. The Morgan fingerprint density at radius 1 is 0.963 bits per heavy atom. The van der Waals surface area contributed by atoms with Crippen molar-refractivity contribution in [3.05, 3.63) is 79.4 Å². The van der Waals surface area contributed by atoms with Gasteiger partial charge >= 0.3 is 0 Å². The molecule has 0 saturated carbocycles. The average Bonchev–Trinajstić information content (AvgIpc) is 3.34. The smallest absolute Gasteiger partial charge is 0.131 e. The van der Waals surface area contributed by atoms with E-state index in [1.54, 1.807) is 6.20 Å². The summed E-state index contributed by atoms with van der Waals surface area (Å²) < 4.78 is 4.35. The summed E-state index contributed by atoms with van der Waals surface area (Å²) in [6.45, 7) is 2.20. The molecule has 0 bridgehead atoms. The maximum Gasteiger partial charge on any atom is 0.131 e. The van der Waals surface area contributed by atoms with E-state index < -0.39 is 0 Å². The lowest BCUT2D eigenvalue weighted by Gasteiger charge is -2.21. The molecule has 4 rings (SSSR count). The minimum atomic E-state index is 0.121. The lowest BCUT2D eigenvalue weighted by atomic mass is 10.0. The van der Waals surface area contributed by atoms with Crippen LogP contribution >= 0.6 is 0 Å². The quantitative estimate of drug-likeness (QED) is 0.501. The number of pyridine rings is 1. The second-order valence-electron chi connectivity index (χ2n) is 6.66. The third kappa shape index (κ3) is 3.28. The molecule has 0 spiro atoms. The first-order valence-electron chi connectivity index (χ1n) is 9.29. The first-order valence-corrected chi connectivity index (χ1v) is 9.29. The van der Waals surface area contributed by atoms with Gasteiger partial charge in [-0.25, -0.2) is 9.97 Å². The number of benzene rings is 1. The molecule has 0 amide bonds. The van der Waals surface area contributed by atoms with E-state index in [1.807, 2.05) is 56.2 Å². The predicted octanol–water partition coefficient (Wildman–Crippen LogP) is 4.74. The zero-order valence-electron chi connectivity index (χ0n) is 15.7. The van der Waals surface area contributed by atoms with Gasteiger partial charge in [0.25, 0.3) is 0 Å². The molecule has 0 radical (unpaired) electrons. The molecule has 0 unspecified atom stereocenters. The van der Waals surface area contributed by atoms with Gasteiger partial charge in [-0.2, -0.15) is 0 Å². The zero-order chi connectivity index (χ0) is 18.6. The second kappa shape index (κ2) is 7.58. The van der Waals surface area contributed by atoms with Gasteiger partial charge in [0.05, 0.1) is 23.8 Å². The van der Waals surface area contributed by atoms with Crippen molar-refractivity contribution in [1.82, 2.24) is 24.1 Å². The Hall–Kier alpha value is -3.21. The monoisotopic (exact) mass is 357 g/mol. The van der Waals surface area contributed by atoms with Gasteiger partial charge in [-0.1, -0.05) is 43.7 Å². The number of imidazole rings is 2. The number of aromatic nitrogens is 5. The van der Waals surface area contributed by atoms with Crippen LogP contribution in [0.3, 0.4) is 0 Å². The molecule has 0 N–H and O–H groups in total. The van der Waals surface area contributed by atoms with Crippen LogP contribution in [0.2, 0.25) is 0 Å². The molecule has 1 aromatic carbocycles. The fraction of sp³-hybridized carbons (Fsp3) is 0.227. The second-order valence-corrected chi connectivity index (χ2v) is 6.66. The van der Waals surface area contributed by atoms with Crippen molar-refractivity contribution in [2.75, 3.05) is 0 Å². The summed E-state index contributed by atoms with van der Waals surface area (Å²) in [6, 6.07) is 14.5. The summed E-state index contributed by atoms with van der Waals surface area (Å²) in [5.74, 6) is 1.04. The van der Waals surface area contributed by atoms with E-state index >= 15 is 0 Å².